The van der Waals surface area contributed by atoms with Gasteiger partial charge in [0.25, 0.3) is 0 Å². The zero-order valence-electron chi connectivity index (χ0n) is 9.36. The molecule has 16 heavy (non-hydrogen) atoms. The Labute approximate surface area is 95.6 Å². The molecule has 1 heterocycles. The van der Waals surface area contributed by atoms with E-state index < -0.39 is 0 Å². The SMILES string of the molecule is NCC(CC1CCCO1)c1ccc(F)cc1. The summed E-state index contributed by atoms with van der Waals surface area (Å²) in [5, 5.41) is 0. The van der Waals surface area contributed by atoms with Crippen LogP contribution >= 0.6 is 0 Å². The van der Waals surface area contributed by atoms with Gasteiger partial charge in [-0.05, 0) is 49.4 Å². The van der Waals surface area contributed by atoms with Crippen molar-refractivity contribution >= 4 is 0 Å². The predicted molar refractivity (Wildman–Crippen MR) is 61.8 cm³/mol. The number of hydrogen-bond acceptors (Lipinski definition) is 2. The molecule has 1 fully saturated rings. The molecule has 0 amide bonds. The summed E-state index contributed by atoms with van der Waals surface area (Å²) in [7, 11) is 0. The summed E-state index contributed by atoms with van der Waals surface area (Å²) in [4.78, 5) is 0. The highest BCUT2D eigenvalue weighted by atomic mass is 19.1. The maximum Gasteiger partial charge on any atom is 0.123 e. The van der Waals surface area contributed by atoms with Crippen molar-refractivity contribution in [1.82, 2.24) is 0 Å². The summed E-state index contributed by atoms with van der Waals surface area (Å²) in [6, 6.07) is 6.63. The molecule has 2 atom stereocenters. The molecule has 0 aliphatic carbocycles. The van der Waals surface area contributed by atoms with E-state index in [2.05, 4.69) is 0 Å². The average molecular weight is 223 g/mol. The van der Waals surface area contributed by atoms with Crippen LogP contribution in [0.1, 0.15) is 30.7 Å². The quantitative estimate of drug-likeness (QED) is 0.851. The van der Waals surface area contributed by atoms with Gasteiger partial charge >= 0.3 is 0 Å². The first-order chi connectivity index (χ1) is 7.79. The summed E-state index contributed by atoms with van der Waals surface area (Å²) in [5.74, 6) is 0.0836. The number of ether oxygens (including phenoxy) is 1. The fourth-order valence-corrected chi connectivity index (χ4v) is 2.25. The molecule has 1 aliphatic heterocycles. The Kier molecular flexibility index (Phi) is 3.91. The van der Waals surface area contributed by atoms with Gasteiger partial charge in [-0.3, -0.25) is 0 Å². The van der Waals surface area contributed by atoms with Crippen LogP contribution in [0.4, 0.5) is 4.39 Å². The molecular formula is C13H18FNO. The molecule has 3 heteroatoms. The fraction of sp³-hybridized carbons (Fsp3) is 0.538. The smallest absolute Gasteiger partial charge is 0.123 e. The lowest BCUT2D eigenvalue weighted by Gasteiger charge is -2.19. The number of hydrogen-bond donors (Lipinski definition) is 1. The summed E-state index contributed by atoms with van der Waals surface area (Å²) in [6.45, 7) is 1.46. The summed E-state index contributed by atoms with van der Waals surface area (Å²) in [6.07, 6.45) is 3.55. The van der Waals surface area contributed by atoms with Crippen molar-refractivity contribution in [3.63, 3.8) is 0 Å². The lowest BCUT2D eigenvalue weighted by Crippen LogP contribution is -2.18. The second-order valence-corrected chi connectivity index (χ2v) is 4.35. The molecule has 88 valence electrons. The van der Waals surface area contributed by atoms with Crippen LogP contribution in [-0.2, 0) is 4.74 Å². The zero-order valence-corrected chi connectivity index (χ0v) is 9.36. The Morgan fingerprint density at radius 1 is 1.38 bits per heavy atom. The van der Waals surface area contributed by atoms with Crippen molar-refractivity contribution < 1.29 is 9.13 Å². The first-order valence-electron chi connectivity index (χ1n) is 5.86. The number of benzene rings is 1. The van der Waals surface area contributed by atoms with E-state index in [0.29, 0.717) is 12.6 Å². The van der Waals surface area contributed by atoms with Crippen molar-refractivity contribution in [3.8, 4) is 0 Å². The van der Waals surface area contributed by atoms with Gasteiger partial charge in [-0.1, -0.05) is 12.1 Å². The summed E-state index contributed by atoms with van der Waals surface area (Å²) < 4.78 is 18.4. The van der Waals surface area contributed by atoms with E-state index in [9.17, 15) is 4.39 Å². The maximum atomic E-state index is 12.8. The van der Waals surface area contributed by atoms with Crippen LogP contribution in [0.25, 0.3) is 0 Å². The standard InChI is InChI=1S/C13H18FNO/c14-12-5-3-10(4-6-12)11(9-15)8-13-2-1-7-16-13/h3-6,11,13H,1-2,7-9,15H2. The lowest BCUT2D eigenvalue weighted by atomic mass is 9.92. The fourth-order valence-electron chi connectivity index (χ4n) is 2.25. The third-order valence-corrected chi connectivity index (χ3v) is 3.20. The topological polar surface area (TPSA) is 35.2 Å². The van der Waals surface area contributed by atoms with Crippen molar-refractivity contribution in [2.24, 2.45) is 5.73 Å². The van der Waals surface area contributed by atoms with E-state index >= 15 is 0 Å². The van der Waals surface area contributed by atoms with Gasteiger partial charge in [0, 0.05) is 6.61 Å². The van der Waals surface area contributed by atoms with E-state index in [1.165, 1.54) is 12.1 Å². The van der Waals surface area contributed by atoms with E-state index in [-0.39, 0.29) is 11.7 Å². The van der Waals surface area contributed by atoms with E-state index in [1.807, 2.05) is 12.1 Å². The highest BCUT2D eigenvalue weighted by molar-refractivity contribution is 5.21. The van der Waals surface area contributed by atoms with Gasteiger partial charge in [-0.2, -0.15) is 0 Å². The minimum atomic E-state index is -0.198. The van der Waals surface area contributed by atoms with Crippen molar-refractivity contribution in [3.05, 3.63) is 35.6 Å². The van der Waals surface area contributed by atoms with Gasteiger partial charge in [0.2, 0.25) is 0 Å². The molecule has 0 spiro atoms. The second kappa shape index (κ2) is 5.41. The zero-order chi connectivity index (χ0) is 11.4. The minimum absolute atomic E-state index is 0.198. The Bertz CT molecular complexity index is 319. The first-order valence-corrected chi connectivity index (χ1v) is 5.86. The van der Waals surface area contributed by atoms with Crippen molar-refractivity contribution in [2.45, 2.75) is 31.3 Å². The van der Waals surface area contributed by atoms with Crippen LogP contribution in [0, 0.1) is 5.82 Å². The monoisotopic (exact) mass is 223 g/mol. The van der Waals surface area contributed by atoms with Crippen LogP contribution in [0.15, 0.2) is 24.3 Å². The predicted octanol–water partition coefficient (Wildman–Crippen LogP) is 2.44. The van der Waals surface area contributed by atoms with Crippen LogP contribution in [0.5, 0.6) is 0 Å². The number of nitrogens with two attached hydrogens (primary N) is 1. The molecule has 1 aromatic carbocycles. The molecule has 2 nitrogen and oxygen atoms in total. The molecule has 0 saturated carbocycles. The summed E-state index contributed by atoms with van der Waals surface area (Å²) >= 11 is 0. The number of halogens is 1. The third-order valence-electron chi connectivity index (χ3n) is 3.20. The van der Waals surface area contributed by atoms with Crippen LogP contribution in [-0.4, -0.2) is 19.3 Å². The van der Waals surface area contributed by atoms with Crippen LogP contribution in [0.3, 0.4) is 0 Å². The molecule has 0 aromatic heterocycles. The molecule has 1 aromatic rings. The largest absolute Gasteiger partial charge is 0.378 e. The lowest BCUT2D eigenvalue weighted by molar-refractivity contribution is 0.0984. The molecular weight excluding hydrogens is 205 g/mol. The van der Waals surface area contributed by atoms with Crippen LogP contribution in [0.2, 0.25) is 0 Å². The molecule has 2 rings (SSSR count). The molecule has 1 saturated heterocycles. The van der Waals surface area contributed by atoms with E-state index in [4.69, 9.17) is 10.5 Å². The third kappa shape index (κ3) is 2.80. The Morgan fingerprint density at radius 3 is 2.69 bits per heavy atom. The Balaban J connectivity index is 2.00. The van der Waals surface area contributed by atoms with Crippen molar-refractivity contribution in [2.75, 3.05) is 13.2 Å². The van der Waals surface area contributed by atoms with Gasteiger partial charge in [-0.15, -0.1) is 0 Å². The molecule has 1 aliphatic rings. The van der Waals surface area contributed by atoms with Gasteiger partial charge in [0.05, 0.1) is 6.10 Å². The van der Waals surface area contributed by atoms with Crippen molar-refractivity contribution in [1.29, 1.82) is 0 Å². The highest BCUT2D eigenvalue weighted by Crippen LogP contribution is 2.26. The van der Waals surface area contributed by atoms with Gasteiger partial charge in [-0.25, -0.2) is 4.39 Å². The first kappa shape index (κ1) is 11.6. The van der Waals surface area contributed by atoms with Gasteiger partial charge < -0.3 is 10.5 Å². The second-order valence-electron chi connectivity index (χ2n) is 4.35. The highest BCUT2D eigenvalue weighted by Gasteiger charge is 2.21. The van der Waals surface area contributed by atoms with Gasteiger partial charge in [0.1, 0.15) is 5.82 Å². The van der Waals surface area contributed by atoms with Gasteiger partial charge in [0.15, 0.2) is 0 Å². The molecule has 2 unspecified atom stereocenters. The Morgan fingerprint density at radius 2 is 2.12 bits per heavy atom. The average Bonchev–Trinajstić information content (AvgIpc) is 2.80. The Hall–Kier alpha value is -0.930. The van der Waals surface area contributed by atoms with Crippen LogP contribution < -0.4 is 5.73 Å². The molecule has 2 N–H and O–H groups in total. The normalized spacial score (nSPS) is 22.2. The molecule has 0 bridgehead atoms. The minimum Gasteiger partial charge on any atom is -0.378 e. The van der Waals surface area contributed by atoms with E-state index in [1.54, 1.807) is 0 Å². The molecule has 0 radical (unpaired) electrons. The maximum absolute atomic E-state index is 12.8. The summed E-state index contributed by atoms with van der Waals surface area (Å²) in [5.41, 5.74) is 6.88. The number of rotatable bonds is 4. The van der Waals surface area contributed by atoms with E-state index in [0.717, 1.165) is 31.4 Å².